The van der Waals surface area contributed by atoms with Gasteiger partial charge in [0.1, 0.15) is 0 Å². The molecule has 2 amide bonds. The van der Waals surface area contributed by atoms with Gasteiger partial charge in [-0.3, -0.25) is 9.59 Å². The topological polar surface area (TPSA) is 84.2 Å². The minimum absolute atomic E-state index is 0.0170. The van der Waals surface area contributed by atoms with Crippen molar-refractivity contribution in [2.45, 2.75) is 34.7 Å². The van der Waals surface area contributed by atoms with E-state index in [-0.39, 0.29) is 11.9 Å². The highest BCUT2D eigenvalue weighted by molar-refractivity contribution is 7.99. The van der Waals surface area contributed by atoms with Crippen molar-refractivity contribution >= 4 is 23.6 Å². The number of primary amides is 1. The van der Waals surface area contributed by atoms with Gasteiger partial charge in [0.25, 0.3) is 5.91 Å². The van der Waals surface area contributed by atoms with Crippen molar-refractivity contribution in [2.24, 2.45) is 11.7 Å². The molecule has 1 aliphatic heterocycles. The summed E-state index contributed by atoms with van der Waals surface area (Å²) in [6, 6.07) is 15.6. The van der Waals surface area contributed by atoms with Crippen molar-refractivity contribution in [3.63, 3.8) is 0 Å². The summed E-state index contributed by atoms with van der Waals surface area (Å²) in [4.78, 5) is 25.8. The van der Waals surface area contributed by atoms with E-state index in [2.05, 4.69) is 10.6 Å². The molecule has 1 aliphatic carbocycles. The van der Waals surface area contributed by atoms with Crippen molar-refractivity contribution in [1.29, 1.82) is 0 Å². The summed E-state index contributed by atoms with van der Waals surface area (Å²) in [5, 5.41) is 6.63. The van der Waals surface area contributed by atoms with Gasteiger partial charge in [-0.1, -0.05) is 23.9 Å². The molecule has 2 aliphatic rings. The average Bonchev–Trinajstić information content (AvgIpc) is 3.25. The minimum atomic E-state index is -0.440. The third-order valence-electron chi connectivity index (χ3n) is 5.18. The largest absolute Gasteiger partial charge is 0.366 e. The van der Waals surface area contributed by atoms with Gasteiger partial charge in [-0.15, -0.1) is 0 Å². The number of fused-ring (bicyclic) bond motifs is 2. The second-order valence-electron chi connectivity index (χ2n) is 6.90. The molecule has 2 aromatic carbocycles. The number of piperidine rings is 1. The predicted molar refractivity (Wildman–Crippen MR) is 101 cm³/mol. The SMILES string of the molecule is NC(=O)c1ccccc1Sc1ccc(C(=O)NC2CC3CC2CN3)cc1. The fourth-order valence-corrected chi connectivity index (χ4v) is 4.78. The molecule has 0 aromatic heterocycles. The summed E-state index contributed by atoms with van der Waals surface area (Å²) in [5.41, 5.74) is 6.59. The molecule has 1 heterocycles. The number of nitrogens with two attached hydrogens (primary N) is 1. The molecule has 5 nitrogen and oxygen atoms in total. The second kappa shape index (κ2) is 7.13. The number of rotatable bonds is 5. The number of benzene rings is 2. The Labute approximate surface area is 156 Å². The van der Waals surface area contributed by atoms with E-state index in [0.717, 1.165) is 22.8 Å². The first kappa shape index (κ1) is 17.1. The Balaban J connectivity index is 1.42. The van der Waals surface area contributed by atoms with Gasteiger partial charge in [0.15, 0.2) is 0 Å². The molecule has 2 bridgehead atoms. The zero-order valence-corrected chi connectivity index (χ0v) is 15.1. The van der Waals surface area contributed by atoms with Gasteiger partial charge in [-0.05, 0) is 55.2 Å². The van der Waals surface area contributed by atoms with Crippen molar-refractivity contribution < 1.29 is 9.59 Å². The zero-order chi connectivity index (χ0) is 18.1. The van der Waals surface area contributed by atoms with Crippen LogP contribution in [0.3, 0.4) is 0 Å². The third-order valence-corrected chi connectivity index (χ3v) is 6.26. The Bertz CT molecular complexity index is 837. The van der Waals surface area contributed by atoms with Crippen molar-refractivity contribution in [3.05, 3.63) is 59.7 Å². The minimum Gasteiger partial charge on any atom is -0.366 e. The summed E-state index contributed by atoms with van der Waals surface area (Å²) < 4.78 is 0. The van der Waals surface area contributed by atoms with Crippen LogP contribution in [0.25, 0.3) is 0 Å². The number of carbonyl (C=O) groups is 2. The molecular formula is C20H21N3O2S. The molecular weight excluding hydrogens is 346 g/mol. The Kier molecular flexibility index (Phi) is 4.70. The quantitative estimate of drug-likeness (QED) is 0.758. The Hall–Kier alpha value is -2.31. The standard InChI is InChI=1S/C20H21N3O2S/c21-19(24)16-3-1-2-4-18(16)26-15-7-5-12(6-8-15)20(25)23-17-10-14-9-13(17)11-22-14/h1-8,13-14,17,22H,9-11H2,(H2,21,24)(H,23,25). The van der Waals surface area contributed by atoms with E-state index in [1.165, 1.54) is 18.2 Å². The predicted octanol–water partition coefficient (Wildman–Crippen LogP) is 2.42. The van der Waals surface area contributed by atoms with Gasteiger partial charge in [-0.25, -0.2) is 0 Å². The maximum Gasteiger partial charge on any atom is 0.251 e. The van der Waals surface area contributed by atoms with E-state index in [1.807, 2.05) is 36.4 Å². The van der Waals surface area contributed by atoms with Crippen molar-refractivity contribution in [1.82, 2.24) is 10.6 Å². The molecule has 2 aromatic rings. The van der Waals surface area contributed by atoms with E-state index in [1.54, 1.807) is 12.1 Å². The molecule has 2 fully saturated rings. The van der Waals surface area contributed by atoms with Crippen LogP contribution in [0.2, 0.25) is 0 Å². The Morgan fingerprint density at radius 3 is 2.50 bits per heavy atom. The van der Waals surface area contributed by atoms with Gasteiger partial charge < -0.3 is 16.4 Å². The van der Waals surface area contributed by atoms with Gasteiger partial charge in [0, 0.05) is 34.0 Å². The van der Waals surface area contributed by atoms with E-state index in [4.69, 9.17) is 5.73 Å². The summed E-state index contributed by atoms with van der Waals surface area (Å²) >= 11 is 1.46. The molecule has 4 N–H and O–H groups in total. The molecule has 1 saturated heterocycles. The second-order valence-corrected chi connectivity index (χ2v) is 8.02. The molecule has 26 heavy (non-hydrogen) atoms. The third kappa shape index (κ3) is 3.48. The van der Waals surface area contributed by atoms with Crippen molar-refractivity contribution in [3.8, 4) is 0 Å². The maximum atomic E-state index is 12.5. The molecule has 3 atom stereocenters. The fraction of sp³-hybridized carbons (Fsp3) is 0.300. The van der Waals surface area contributed by atoms with Crippen LogP contribution in [0, 0.1) is 5.92 Å². The first-order valence-electron chi connectivity index (χ1n) is 8.81. The van der Waals surface area contributed by atoms with Crippen molar-refractivity contribution in [2.75, 3.05) is 6.54 Å². The summed E-state index contributed by atoms with van der Waals surface area (Å²) in [5.74, 6) is 0.102. The summed E-state index contributed by atoms with van der Waals surface area (Å²) in [6.07, 6.45) is 2.19. The molecule has 6 heteroatoms. The van der Waals surface area contributed by atoms with Crippen LogP contribution in [0.5, 0.6) is 0 Å². The molecule has 0 radical (unpaired) electrons. The smallest absolute Gasteiger partial charge is 0.251 e. The highest BCUT2D eigenvalue weighted by atomic mass is 32.2. The van der Waals surface area contributed by atoms with E-state index < -0.39 is 5.91 Å². The summed E-state index contributed by atoms with van der Waals surface area (Å²) in [7, 11) is 0. The number of carbonyl (C=O) groups excluding carboxylic acids is 2. The van der Waals surface area contributed by atoms with Gasteiger partial charge in [0.05, 0.1) is 5.56 Å². The highest BCUT2D eigenvalue weighted by Crippen LogP contribution is 2.32. The molecule has 0 spiro atoms. The first-order valence-corrected chi connectivity index (χ1v) is 9.63. The molecule has 3 unspecified atom stereocenters. The van der Waals surface area contributed by atoms with Crippen LogP contribution in [-0.2, 0) is 0 Å². The number of nitrogens with one attached hydrogen (secondary N) is 2. The Morgan fingerprint density at radius 1 is 1.08 bits per heavy atom. The zero-order valence-electron chi connectivity index (χ0n) is 14.3. The van der Waals surface area contributed by atoms with E-state index >= 15 is 0 Å². The lowest BCUT2D eigenvalue weighted by Crippen LogP contribution is -2.44. The molecule has 4 rings (SSSR count). The van der Waals surface area contributed by atoms with Crippen LogP contribution >= 0.6 is 11.8 Å². The van der Waals surface area contributed by atoms with Crippen LogP contribution in [0.1, 0.15) is 33.6 Å². The number of hydrogen-bond acceptors (Lipinski definition) is 4. The van der Waals surface area contributed by atoms with Gasteiger partial charge in [0.2, 0.25) is 5.91 Å². The maximum absolute atomic E-state index is 12.5. The van der Waals surface area contributed by atoms with Crippen LogP contribution in [0.15, 0.2) is 58.3 Å². The van der Waals surface area contributed by atoms with E-state index in [0.29, 0.717) is 23.1 Å². The lowest BCUT2D eigenvalue weighted by Gasteiger charge is -2.23. The molecule has 134 valence electrons. The Morgan fingerprint density at radius 2 is 1.85 bits per heavy atom. The summed E-state index contributed by atoms with van der Waals surface area (Å²) in [6.45, 7) is 1.00. The lowest BCUT2D eigenvalue weighted by atomic mass is 10.0. The lowest BCUT2D eigenvalue weighted by molar-refractivity contribution is 0.0924. The first-order chi connectivity index (χ1) is 12.6. The van der Waals surface area contributed by atoms with Gasteiger partial charge >= 0.3 is 0 Å². The van der Waals surface area contributed by atoms with Crippen LogP contribution in [0.4, 0.5) is 0 Å². The van der Waals surface area contributed by atoms with Crippen LogP contribution in [-0.4, -0.2) is 30.4 Å². The average molecular weight is 367 g/mol. The van der Waals surface area contributed by atoms with Crippen LogP contribution < -0.4 is 16.4 Å². The van der Waals surface area contributed by atoms with Gasteiger partial charge in [-0.2, -0.15) is 0 Å². The van der Waals surface area contributed by atoms with E-state index in [9.17, 15) is 9.59 Å². The molecule has 1 saturated carbocycles. The number of amides is 2. The normalized spacial score (nSPS) is 23.8. The fourth-order valence-electron chi connectivity index (χ4n) is 3.82. The monoisotopic (exact) mass is 367 g/mol. The number of hydrogen-bond donors (Lipinski definition) is 3. The highest BCUT2D eigenvalue weighted by Gasteiger charge is 2.40.